The summed E-state index contributed by atoms with van der Waals surface area (Å²) in [5.41, 5.74) is 2.65. The highest BCUT2D eigenvalue weighted by Gasteiger charge is 2.40. The minimum atomic E-state index is -1.44. The number of nitrogens with one attached hydrogen (secondary N) is 3. The Hall–Kier alpha value is -4.54. The Morgan fingerprint density at radius 3 is 2.40 bits per heavy atom. The van der Waals surface area contributed by atoms with Gasteiger partial charge in [-0.15, -0.1) is 0 Å². The molecule has 1 aliphatic heterocycles. The molecule has 1 fully saturated rings. The van der Waals surface area contributed by atoms with E-state index in [0.717, 1.165) is 11.1 Å². The Bertz CT molecular complexity index is 1200. The van der Waals surface area contributed by atoms with Gasteiger partial charge >= 0.3 is 6.03 Å². The van der Waals surface area contributed by atoms with Crippen LogP contribution in [0.2, 0.25) is 0 Å². The van der Waals surface area contributed by atoms with Crippen LogP contribution in [0.3, 0.4) is 0 Å². The lowest BCUT2D eigenvalue weighted by atomic mass is 9.95. The Labute approximate surface area is 201 Å². The number of carbonyl (C=O) groups is 5. The molecule has 0 saturated carbocycles. The van der Waals surface area contributed by atoms with Gasteiger partial charge in [0, 0.05) is 28.9 Å². The van der Waals surface area contributed by atoms with Crippen LogP contribution in [0.25, 0.3) is 0 Å². The summed E-state index contributed by atoms with van der Waals surface area (Å²) in [6.07, 6.45) is 0.951. The smallest absolute Gasteiger partial charge is 0.335 e. The van der Waals surface area contributed by atoms with Crippen molar-refractivity contribution in [2.24, 2.45) is 16.4 Å². The first kappa shape index (κ1) is 25.1. The van der Waals surface area contributed by atoms with Crippen molar-refractivity contribution in [1.82, 2.24) is 10.7 Å². The first-order chi connectivity index (χ1) is 16.5. The second-order valence-electron chi connectivity index (χ2n) is 8.65. The number of amides is 6. The number of methoxy groups -OCH3 is 1. The van der Waals surface area contributed by atoms with Crippen LogP contribution in [0.4, 0.5) is 16.2 Å². The molecule has 3 rings (SSSR count). The number of anilines is 2. The van der Waals surface area contributed by atoms with Crippen molar-refractivity contribution in [1.29, 1.82) is 0 Å². The third-order valence-electron chi connectivity index (χ3n) is 4.99. The summed E-state index contributed by atoms with van der Waals surface area (Å²) in [5, 5.41) is 8.57. The van der Waals surface area contributed by atoms with E-state index in [9.17, 15) is 24.0 Å². The fourth-order valence-electron chi connectivity index (χ4n) is 2.97. The molecule has 1 atom stereocenters. The van der Waals surface area contributed by atoms with Crippen molar-refractivity contribution in [2.45, 2.75) is 20.8 Å². The predicted octanol–water partition coefficient (Wildman–Crippen LogP) is 2.29. The quantitative estimate of drug-likeness (QED) is 0.329. The summed E-state index contributed by atoms with van der Waals surface area (Å²) >= 11 is 0. The lowest BCUT2D eigenvalue weighted by Gasteiger charge is -2.28. The molecule has 0 radical (unpaired) electrons. The topological polar surface area (TPSA) is 146 Å². The molecule has 182 valence electrons. The van der Waals surface area contributed by atoms with Gasteiger partial charge in [0.2, 0.25) is 11.8 Å². The molecule has 2 aromatic carbocycles. The van der Waals surface area contributed by atoms with Gasteiger partial charge < -0.3 is 10.1 Å². The van der Waals surface area contributed by atoms with E-state index < -0.39 is 35.1 Å². The zero-order valence-electron chi connectivity index (χ0n) is 19.6. The summed E-state index contributed by atoms with van der Waals surface area (Å²) < 4.78 is 5.11. The van der Waals surface area contributed by atoms with E-state index in [1.807, 2.05) is 0 Å². The van der Waals surface area contributed by atoms with E-state index in [0.29, 0.717) is 11.4 Å². The first-order valence-corrected chi connectivity index (χ1v) is 10.6. The first-order valence-electron chi connectivity index (χ1n) is 10.6. The van der Waals surface area contributed by atoms with Crippen molar-refractivity contribution in [3.05, 3.63) is 54.1 Å². The van der Waals surface area contributed by atoms with Crippen molar-refractivity contribution in [3.8, 4) is 5.75 Å². The van der Waals surface area contributed by atoms with Crippen LogP contribution >= 0.6 is 0 Å². The van der Waals surface area contributed by atoms with Crippen molar-refractivity contribution < 1.29 is 28.7 Å². The molecule has 1 unspecified atom stereocenters. The molecule has 0 spiro atoms. The number of nitrogens with zero attached hydrogens (tertiary/aromatic N) is 2. The highest BCUT2D eigenvalue weighted by atomic mass is 16.5. The Balaban J connectivity index is 1.67. The number of hydrazone groups is 1. The van der Waals surface area contributed by atoms with E-state index in [1.165, 1.54) is 31.4 Å². The molecule has 6 amide bonds. The second kappa shape index (κ2) is 10.2. The predicted molar refractivity (Wildman–Crippen MR) is 128 cm³/mol. The fourth-order valence-corrected chi connectivity index (χ4v) is 2.97. The van der Waals surface area contributed by atoms with Crippen LogP contribution in [-0.2, 0) is 14.4 Å². The van der Waals surface area contributed by atoms with Crippen LogP contribution in [0.5, 0.6) is 5.75 Å². The van der Waals surface area contributed by atoms with Gasteiger partial charge in [0.1, 0.15) is 5.75 Å². The summed E-state index contributed by atoms with van der Waals surface area (Å²) in [6.45, 7) is 5.35. The molecule has 35 heavy (non-hydrogen) atoms. The standard InChI is InChI=1S/C24H25N5O6/c1-24(2,3)22(33)26-15-10-8-14(9-11-15)19(30)28-25-13-18-20(31)27-23(34)29(21(18)32)16-6-5-7-17(12-16)35-4/h5-13,18H,1-4H3,(H,26,33)(H,28,30)(H,27,31,34). The monoisotopic (exact) mass is 479 g/mol. The lowest BCUT2D eigenvalue weighted by Crippen LogP contribution is -2.58. The van der Waals surface area contributed by atoms with Gasteiger partial charge in [0.15, 0.2) is 5.92 Å². The summed E-state index contributed by atoms with van der Waals surface area (Å²) in [5.74, 6) is -3.48. The van der Waals surface area contributed by atoms with E-state index >= 15 is 0 Å². The van der Waals surface area contributed by atoms with Gasteiger partial charge in [0.05, 0.1) is 12.8 Å². The molecule has 1 aliphatic rings. The maximum absolute atomic E-state index is 12.9. The van der Waals surface area contributed by atoms with Crippen molar-refractivity contribution in [2.75, 3.05) is 17.3 Å². The van der Waals surface area contributed by atoms with Crippen molar-refractivity contribution in [3.63, 3.8) is 0 Å². The Morgan fingerprint density at radius 2 is 1.77 bits per heavy atom. The van der Waals surface area contributed by atoms with Crippen LogP contribution in [0.1, 0.15) is 31.1 Å². The number of imide groups is 2. The molecule has 1 saturated heterocycles. The second-order valence-corrected chi connectivity index (χ2v) is 8.65. The Kier molecular flexibility index (Phi) is 7.28. The maximum Gasteiger partial charge on any atom is 0.335 e. The largest absolute Gasteiger partial charge is 0.497 e. The number of barbiturate groups is 1. The van der Waals surface area contributed by atoms with E-state index in [1.54, 1.807) is 45.0 Å². The molecule has 0 bridgehead atoms. The fraction of sp³-hybridized carbons (Fsp3) is 0.250. The minimum absolute atomic E-state index is 0.170. The normalized spacial score (nSPS) is 16.2. The van der Waals surface area contributed by atoms with E-state index in [-0.39, 0.29) is 17.2 Å². The van der Waals surface area contributed by atoms with Gasteiger partial charge in [0.25, 0.3) is 11.8 Å². The molecular formula is C24H25N5O6. The van der Waals surface area contributed by atoms with Crippen molar-refractivity contribution >= 4 is 47.2 Å². The number of benzene rings is 2. The highest BCUT2D eigenvalue weighted by Crippen LogP contribution is 2.24. The average Bonchev–Trinajstić information content (AvgIpc) is 2.81. The third kappa shape index (κ3) is 5.88. The summed E-state index contributed by atoms with van der Waals surface area (Å²) in [7, 11) is 1.44. The molecule has 11 heteroatoms. The van der Waals surface area contributed by atoms with Crippen LogP contribution in [0, 0.1) is 11.3 Å². The van der Waals surface area contributed by atoms with Crippen LogP contribution in [-0.4, -0.2) is 43.0 Å². The van der Waals surface area contributed by atoms with Gasteiger partial charge in [-0.1, -0.05) is 26.8 Å². The molecule has 0 aliphatic carbocycles. The average molecular weight is 479 g/mol. The molecule has 3 N–H and O–H groups in total. The molecule has 1 heterocycles. The molecular weight excluding hydrogens is 454 g/mol. The van der Waals surface area contributed by atoms with Gasteiger partial charge in [-0.2, -0.15) is 5.10 Å². The summed E-state index contributed by atoms with van der Waals surface area (Å²) in [6, 6.07) is 11.4. The third-order valence-corrected chi connectivity index (χ3v) is 4.99. The maximum atomic E-state index is 12.9. The SMILES string of the molecule is COc1cccc(N2C(=O)NC(=O)C(C=NNC(=O)c3ccc(NC(=O)C(C)(C)C)cc3)C2=O)c1. The number of hydrogen-bond acceptors (Lipinski definition) is 7. The van der Waals surface area contributed by atoms with E-state index in [4.69, 9.17) is 4.74 Å². The van der Waals surface area contributed by atoms with Gasteiger partial charge in [-0.25, -0.2) is 15.1 Å². The van der Waals surface area contributed by atoms with Gasteiger partial charge in [-0.05, 0) is 36.4 Å². The van der Waals surface area contributed by atoms with Gasteiger partial charge in [-0.3, -0.25) is 24.5 Å². The summed E-state index contributed by atoms with van der Waals surface area (Å²) in [4.78, 5) is 62.6. The molecule has 0 aromatic heterocycles. The Morgan fingerprint density at radius 1 is 1.09 bits per heavy atom. The molecule has 11 nitrogen and oxygen atoms in total. The number of urea groups is 1. The number of carbonyl (C=O) groups excluding carboxylic acids is 5. The zero-order chi connectivity index (χ0) is 25.8. The van der Waals surface area contributed by atoms with E-state index in [2.05, 4.69) is 21.2 Å². The van der Waals surface area contributed by atoms with Crippen LogP contribution < -0.4 is 25.7 Å². The molecule has 2 aromatic rings. The zero-order valence-corrected chi connectivity index (χ0v) is 19.6. The lowest BCUT2D eigenvalue weighted by molar-refractivity contribution is -0.131. The van der Waals surface area contributed by atoms with Crippen LogP contribution in [0.15, 0.2) is 53.6 Å². The highest BCUT2D eigenvalue weighted by molar-refractivity contribution is 6.32. The number of rotatable bonds is 6. The number of hydrogen-bond donors (Lipinski definition) is 3. The minimum Gasteiger partial charge on any atom is -0.497 e. The number of ether oxygens (including phenoxy) is 1.